The van der Waals surface area contributed by atoms with Gasteiger partial charge in [-0.15, -0.1) is 0 Å². The van der Waals surface area contributed by atoms with Gasteiger partial charge >= 0.3 is 5.97 Å². The molecule has 0 saturated heterocycles. The Morgan fingerprint density at radius 1 is 1.33 bits per heavy atom. The van der Waals surface area contributed by atoms with E-state index in [0.717, 1.165) is 5.56 Å². The zero-order chi connectivity index (χ0) is 13.4. The van der Waals surface area contributed by atoms with Crippen molar-refractivity contribution in [2.24, 2.45) is 11.8 Å². The van der Waals surface area contributed by atoms with Gasteiger partial charge in [-0.3, -0.25) is 4.79 Å². The largest absolute Gasteiger partial charge is 0.481 e. The molecule has 1 N–H and O–H groups in total. The van der Waals surface area contributed by atoms with Crippen LogP contribution in [0.3, 0.4) is 0 Å². The monoisotopic (exact) mass is 248 g/mol. The maximum absolute atomic E-state index is 10.7. The number of carboxylic acid groups (broad SMARTS) is 1. The van der Waals surface area contributed by atoms with Crippen molar-refractivity contribution in [1.29, 1.82) is 0 Å². The first kappa shape index (κ1) is 14.5. The molecule has 18 heavy (non-hydrogen) atoms. The summed E-state index contributed by atoms with van der Waals surface area (Å²) in [5.74, 6) is -1.12. The number of allylic oxidation sites excluding steroid dienone is 1. The van der Waals surface area contributed by atoms with Crippen LogP contribution in [0.15, 0.2) is 42.5 Å². The van der Waals surface area contributed by atoms with Gasteiger partial charge < -0.3 is 9.84 Å². The molecule has 0 spiro atoms. The number of ether oxygens (including phenoxy) is 1. The van der Waals surface area contributed by atoms with Crippen LogP contribution in [0.1, 0.15) is 19.4 Å². The Kier molecular flexibility index (Phi) is 6.15. The zero-order valence-electron chi connectivity index (χ0n) is 10.9. The molecule has 0 fully saturated rings. The van der Waals surface area contributed by atoms with Crippen LogP contribution in [0, 0.1) is 11.8 Å². The molecular weight excluding hydrogens is 228 g/mol. The Hall–Kier alpha value is -1.61. The van der Waals surface area contributed by atoms with Gasteiger partial charge in [-0.1, -0.05) is 56.3 Å². The fraction of sp³-hybridized carbons (Fsp3) is 0.400. The van der Waals surface area contributed by atoms with Crippen LogP contribution in [-0.2, 0) is 16.1 Å². The fourth-order valence-corrected chi connectivity index (χ4v) is 1.48. The van der Waals surface area contributed by atoms with Gasteiger partial charge in [0, 0.05) is 0 Å². The highest BCUT2D eigenvalue weighted by Gasteiger charge is 2.16. The lowest BCUT2D eigenvalue weighted by Gasteiger charge is -2.10. The van der Waals surface area contributed by atoms with Crippen molar-refractivity contribution in [3.63, 3.8) is 0 Å². The molecule has 0 heterocycles. The number of aliphatic carboxylic acids is 1. The molecule has 0 saturated carbocycles. The predicted molar refractivity (Wildman–Crippen MR) is 71.2 cm³/mol. The molecule has 0 aliphatic rings. The highest BCUT2D eigenvalue weighted by Crippen LogP contribution is 2.12. The first-order valence-corrected chi connectivity index (χ1v) is 6.12. The van der Waals surface area contributed by atoms with E-state index in [1.165, 1.54) is 0 Å². The van der Waals surface area contributed by atoms with Gasteiger partial charge in [0.15, 0.2) is 0 Å². The molecule has 0 radical (unpaired) electrons. The molecule has 2 atom stereocenters. The summed E-state index contributed by atoms with van der Waals surface area (Å²) in [6.45, 7) is 4.69. The van der Waals surface area contributed by atoms with Crippen LogP contribution in [-0.4, -0.2) is 17.7 Å². The van der Waals surface area contributed by atoms with Crippen LogP contribution < -0.4 is 0 Å². The average Bonchev–Trinajstić information content (AvgIpc) is 2.38. The van der Waals surface area contributed by atoms with Crippen LogP contribution in [0.25, 0.3) is 0 Å². The van der Waals surface area contributed by atoms with E-state index in [-0.39, 0.29) is 11.8 Å². The quantitative estimate of drug-likeness (QED) is 0.595. The molecule has 3 nitrogen and oxygen atoms in total. The molecular formula is C15H20O3. The molecule has 0 aromatic heterocycles. The van der Waals surface area contributed by atoms with Gasteiger partial charge in [-0.25, -0.2) is 0 Å². The fourth-order valence-electron chi connectivity index (χ4n) is 1.48. The van der Waals surface area contributed by atoms with Gasteiger partial charge in [0.25, 0.3) is 0 Å². The van der Waals surface area contributed by atoms with E-state index in [1.807, 2.05) is 49.4 Å². The summed E-state index contributed by atoms with van der Waals surface area (Å²) in [7, 11) is 0. The van der Waals surface area contributed by atoms with E-state index in [9.17, 15) is 4.79 Å². The molecule has 1 rings (SSSR count). The van der Waals surface area contributed by atoms with E-state index in [2.05, 4.69) is 0 Å². The van der Waals surface area contributed by atoms with E-state index in [0.29, 0.717) is 13.2 Å². The van der Waals surface area contributed by atoms with Crippen molar-refractivity contribution >= 4 is 5.97 Å². The van der Waals surface area contributed by atoms with Gasteiger partial charge in [-0.05, 0) is 11.5 Å². The van der Waals surface area contributed by atoms with Crippen LogP contribution in [0.4, 0.5) is 0 Å². The maximum atomic E-state index is 10.7. The van der Waals surface area contributed by atoms with Gasteiger partial charge in [0.05, 0.1) is 19.1 Å². The van der Waals surface area contributed by atoms with Crippen molar-refractivity contribution < 1.29 is 14.6 Å². The summed E-state index contributed by atoms with van der Waals surface area (Å²) >= 11 is 0. The van der Waals surface area contributed by atoms with E-state index in [4.69, 9.17) is 9.84 Å². The summed E-state index contributed by atoms with van der Waals surface area (Å²) in [5, 5.41) is 8.84. The molecule has 0 aliphatic carbocycles. The Morgan fingerprint density at radius 3 is 2.61 bits per heavy atom. The van der Waals surface area contributed by atoms with Crippen LogP contribution in [0.5, 0.6) is 0 Å². The standard InChI is InChI=1S/C15H20O3/c1-12(13(2)15(16)17)7-6-10-18-11-14-8-4-3-5-9-14/h3-9,12-13H,10-11H2,1-2H3,(H,16,17)/b7-6+/t12-,13+/m1/s1. The number of rotatable bonds is 7. The van der Waals surface area contributed by atoms with Gasteiger partial charge in [0.2, 0.25) is 0 Å². The highest BCUT2D eigenvalue weighted by atomic mass is 16.5. The van der Waals surface area contributed by atoms with Crippen molar-refractivity contribution in [1.82, 2.24) is 0 Å². The number of hydrogen-bond donors (Lipinski definition) is 1. The first-order chi connectivity index (χ1) is 8.61. The Labute approximate surface area is 108 Å². The SMILES string of the molecule is C[C@H](/C=C/COCc1ccccc1)[C@H](C)C(=O)O. The van der Waals surface area contributed by atoms with Crippen molar-refractivity contribution in [3.8, 4) is 0 Å². The predicted octanol–water partition coefficient (Wildman–Crippen LogP) is 3.12. The Balaban J connectivity index is 2.23. The van der Waals surface area contributed by atoms with Crippen molar-refractivity contribution in [3.05, 3.63) is 48.0 Å². The second kappa shape index (κ2) is 7.67. The average molecular weight is 248 g/mol. The second-order valence-corrected chi connectivity index (χ2v) is 4.41. The minimum atomic E-state index is -0.766. The Bertz CT molecular complexity index is 384. The molecule has 3 heteroatoms. The summed E-state index contributed by atoms with van der Waals surface area (Å²) in [6.07, 6.45) is 3.77. The molecule has 1 aromatic carbocycles. The Morgan fingerprint density at radius 2 is 2.00 bits per heavy atom. The summed E-state index contributed by atoms with van der Waals surface area (Å²) in [6, 6.07) is 9.95. The number of carboxylic acids is 1. The number of hydrogen-bond acceptors (Lipinski definition) is 2. The molecule has 1 aromatic rings. The van der Waals surface area contributed by atoms with Crippen LogP contribution in [0.2, 0.25) is 0 Å². The van der Waals surface area contributed by atoms with Crippen LogP contribution >= 0.6 is 0 Å². The lowest BCUT2D eigenvalue weighted by molar-refractivity contribution is -0.142. The second-order valence-electron chi connectivity index (χ2n) is 4.41. The highest BCUT2D eigenvalue weighted by molar-refractivity contribution is 5.70. The van der Waals surface area contributed by atoms with Gasteiger partial charge in [0.1, 0.15) is 0 Å². The molecule has 0 unspecified atom stereocenters. The lowest BCUT2D eigenvalue weighted by atomic mass is 9.96. The third kappa shape index (κ3) is 5.15. The molecule has 0 bridgehead atoms. The maximum Gasteiger partial charge on any atom is 0.306 e. The zero-order valence-corrected chi connectivity index (χ0v) is 10.9. The lowest BCUT2D eigenvalue weighted by Crippen LogP contribution is -2.16. The normalized spacial score (nSPS) is 14.6. The summed E-state index contributed by atoms with van der Waals surface area (Å²) in [4.78, 5) is 10.7. The number of carbonyl (C=O) groups is 1. The molecule has 0 aliphatic heterocycles. The third-order valence-corrected chi connectivity index (χ3v) is 2.94. The van der Waals surface area contributed by atoms with E-state index < -0.39 is 5.97 Å². The molecule has 0 amide bonds. The minimum Gasteiger partial charge on any atom is -0.481 e. The van der Waals surface area contributed by atoms with Crippen molar-refractivity contribution in [2.45, 2.75) is 20.5 Å². The third-order valence-electron chi connectivity index (χ3n) is 2.94. The minimum absolute atomic E-state index is 0.0165. The van der Waals surface area contributed by atoms with E-state index in [1.54, 1.807) is 6.92 Å². The summed E-state index contributed by atoms with van der Waals surface area (Å²) < 4.78 is 5.48. The molecule has 98 valence electrons. The topological polar surface area (TPSA) is 46.5 Å². The smallest absolute Gasteiger partial charge is 0.306 e. The summed E-state index contributed by atoms with van der Waals surface area (Å²) in [5.41, 5.74) is 1.14. The van der Waals surface area contributed by atoms with Gasteiger partial charge in [-0.2, -0.15) is 0 Å². The van der Waals surface area contributed by atoms with E-state index >= 15 is 0 Å². The number of benzene rings is 1. The first-order valence-electron chi connectivity index (χ1n) is 6.12. The van der Waals surface area contributed by atoms with Crippen molar-refractivity contribution in [2.75, 3.05) is 6.61 Å².